The van der Waals surface area contributed by atoms with Crippen molar-refractivity contribution in [2.24, 2.45) is 0 Å². The molecule has 0 aliphatic carbocycles. The van der Waals surface area contributed by atoms with Gasteiger partial charge in [-0.3, -0.25) is 0 Å². The average Bonchev–Trinajstić information content (AvgIpc) is 2.44. The number of hydrogen-bond donors (Lipinski definition) is 2. The topological polar surface area (TPSA) is 84.0 Å². The molecule has 0 saturated carbocycles. The van der Waals surface area contributed by atoms with Crippen molar-refractivity contribution in [2.75, 3.05) is 11.8 Å². The minimum Gasteiger partial charge on any atom is -0.316 e. The van der Waals surface area contributed by atoms with Crippen LogP contribution in [-0.4, -0.2) is 25.4 Å². The van der Waals surface area contributed by atoms with Crippen molar-refractivity contribution in [1.29, 1.82) is 0 Å². The van der Waals surface area contributed by atoms with Crippen molar-refractivity contribution < 1.29 is 12.8 Å². The molecule has 0 saturated heterocycles. The first-order chi connectivity index (χ1) is 9.94. The zero-order valence-electron chi connectivity index (χ0n) is 11.0. The third-order valence-electron chi connectivity index (χ3n) is 2.55. The van der Waals surface area contributed by atoms with Crippen LogP contribution in [0.2, 0.25) is 5.02 Å². The largest absolute Gasteiger partial charge is 0.316 e. The summed E-state index contributed by atoms with van der Waals surface area (Å²) in [7, 11) is -2.35. The standard InChI is InChI=1S/C12H12ClFN4O2S/c1-15-7-8-5-9(6-10(14)11(8)13)21(19,20)18-12-16-3-2-4-17-12/h2-6,15H,7H2,1H3,(H,16,17,18). The number of anilines is 1. The SMILES string of the molecule is CNCc1cc(S(=O)(=O)Nc2ncccn2)cc(F)c1Cl. The second-order valence-corrected chi connectivity index (χ2v) is 6.15. The van der Waals surface area contributed by atoms with E-state index in [9.17, 15) is 12.8 Å². The van der Waals surface area contributed by atoms with E-state index < -0.39 is 15.8 Å². The van der Waals surface area contributed by atoms with Crippen molar-refractivity contribution in [3.8, 4) is 0 Å². The van der Waals surface area contributed by atoms with Gasteiger partial charge in [-0.1, -0.05) is 11.6 Å². The molecule has 1 aromatic heterocycles. The number of sulfonamides is 1. The van der Waals surface area contributed by atoms with Crippen LogP contribution in [-0.2, 0) is 16.6 Å². The van der Waals surface area contributed by atoms with Crippen LogP contribution in [0.1, 0.15) is 5.56 Å². The third-order valence-corrected chi connectivity index (χ3v) is 4.28. The summed E-state index contributed by atoms with van der Waals surface area (Å²) in [5.74, 6) is -0.901. The first-order valence-electron chi connectivity index (χ1n) is 5.86. The van der Waals surface area contributed by atoms with Gasteiger partial charge in [-0.25, -0.2) is 27.5 Å². The molecular weight excluding hydrogens is 319 g/mol. The van der Waals surface area contributed by atoms with Crippen molar-refractivity contribution in [2.45, 2.75) is 11.4 Å². The summed E-state index contributed by atoms with van der Waals surface area (Å²) in [4.78, 5) is 7.26. The second-order valence-electron chi connectivity index (χ2n) is 4.09. The Balaban J connectivity index is 2.40. The van der Waals surface area contributed by atoms with Crippen LogP contribution in [0.5, 0.6) is 0 Å². The van der Waals surface area contributed by atoms with E-state index in [1.807, 2.05) is 0 Å². The molecule has 0 unspecified atom stereocenters. The van der Waals surface area contributed by atoms with Crippen LogP contribution >= 0.6 is 11.6 Å². The van der Waals surface area contributed by atoms with Crippen LogP contribution in [0.4, 0.5) is 10.3 Å². The Morgan fingerprint density at radius 2 is 1.95 bits per heavy atom. The maximum absolute atomic E-state index is 13.7. The molecule has 21 heavy (non-hydrogen) atoms. The van der Waals surface area contributed by atoms with Gasteiger partial charge >= 0.3 is 0 Å². The normalized spacial score (nSPS) is 11.4. The monoisotopic (exact) mass is 330 g/mol. The van der Waals surface area contributed by atoms with Gasteiger partial charge in [-0.05, 0) is 30.8 Å². The van der Waals surface area contributed by atoms with Crippen LogP contribution in [0, 0.1) is 5.82 Å². The molecule has 112 valence electrons. The highest BCUT2D eigenvalue weighted by atomic mass is 35.5. The Labute approximate surface area is 126 Å². The van der Waals surface area contributed by atoms with Gasteiger partial charge in [0.2, 0.25) is 5.95 Å². The van der Waals surface area contributed by atoms with E-state index in [2.05, 4.69) is 20.0 Å². The maximum Gasteiger partial charge on any atom is 0.264 e. The van der Waals surface area contributed by atoms with E-state index in [0.717, 1.165) is 6.07 Å². The maximum atomic E-state index is 13.7. The van der Waals surface area contributed by atoms with Gasteiger partial charge in [0.25, 0.3) is 10.0 Å². The van der Waals surface area contributed by atoms with Gasteiger partial charge in [-0.2, -0.15) is 0 Å². The molecule has 1 heterocycles. The number of benzene rings is 1. The van der Waals surface area contributed by atoms with Crippen molar-refractivity contribution >= 4 is 27.6 Å². The molecule has 6 nitrogen and oxygen atoms in total. The quantitative estimate of drug-likeness (QED) is 0.873. The van der Waals surface area contributed by atoms with E-state index in [1.165, 1.54) is 18.5 Å². The van der Waals surface area contributed by atoms with Gasteiger partial charge in [-0.15, -0.1) is 0 Å². The highest BCUT2D eigenvalue weighted by Gasteiger charge is 2.19. The van der Waals surface area contributed by atoms with Crippen molar-refractivity contribution in [1.82, 2.24) is 15.3 Å². The molecule has 2 rings (SSSR count). The van der Waals surface area contributed by atoms with Crippen LogP contribution < -0.4 is 10.0 Å². The number of halogens is 2. The number of nitrogens with zero attached hydrogens (tertiary/aromatic N) is 2. The predicted molar refractivity (Wildman–Crippen MR) is 77.0 cm³/mol. The van der Waals surface area contributed by atoms with E-state index >= 15 is 0 Å². The Morgan fingerprint density at radius 1 is 1.29 bits per heavy atom. The molecule has 0 atom stereocenters. The number of aromatic nitrogens is 2. The minimum atomic E-state index is -3.99. The summed E-state index contributed by atoms with van der Waals surface area (Å²) in [6.45, 7) is 0.237. The Morgan fingerprint density at radius 3 is 2.57 bits per heavy atom. The third kappa shape index (κ3) is 3.66. The van der Waals surface area contributed by atoms with E-state index in [4.69, 9.17) is 11.6 Å². The summed E-state index contributed by atoms with van der Waals surface area (Å²) in [6.07, 6.45) is 2.78. The Hall–Kier alpha value is -1.77. The first kappa shape index (κ1) is 15.6. The Bertz CT molecular complexity index is 740. The lowest BCUT2D eigenvalue weighted by atomic mass is 10.2. The predicted octanol–water partition coefficient (Wildman–Crippen LogP) is 1.79. The second kappa shape index (κ2) is 6.33. The number of hydrogen-bond acceptors (Lipinski definition) is 5. The average molecular weight is 331 g/mol. The molecule has 2 N–H and O–H groups in total. The van der Waals surface area contributed by atoms with Gasteiger partial charge in [0.05, 0.1) is 9.92 Å². The van der Waals surface area contributed by atoms with Crippen molar-refractivity contribution in [3.63, 3.8) is 0 Å². The molecule has 0 fully saturated rings. The van der Waals surface area contributed by atoms with Crippen LogP contribution in [0.3, 0.4) is 0 Å². The molecule has 0 spiro atoms. The first-order valence-corrected chi connectivity index (χ1v) is 7.72. The van der Waals surface area contributed by atoms with E-state index in [1.54, 1.807) is 13.1 Å². The molecule has 0 bridgehead atoms. The van der Waals surface area contributed by atoms with Gasteiger partial charge in [0.15, 0.2) is 0 Å². The lowest BCUT2D eigenvalue weighted by Crippen LogP contribution is -2.16. The van der Waals surface area contributed by atoms with E-state index in [-0.39, 0.29) is 22.4 Å². The van der Waals surface area contributed by atoms with Crippen LogP contribution in [0.25, 0.3) is 0 Å². The number of rotatable bonds is 5. The lowest BCUT2D eigenvalue weighted by molar-refractivity contribution is 0.593. The fraction of sp³-hybridized carbons (Fsp3) is 0.167. The summed E-state index contributed by atoms with van der Waals surface area (Å²) in [5.41, 5.74) is 0.341. The zero-order valence-corrected chi connectivity index (χ0v) is 12.5. The highest BCUT2D eigenvalue weighted by Crippen LogP contribution is 2.25. The fourth-order valence-electron chi connectivity index (χ4n) is 1.62. The summed E-state index contributed by atoms with van der Waals surface area (Å²) in [6, 6.07) is 3.70. The van der Waals surface area contributed by atoms with Gasteiger partial charge < -0.3 is 5.32 Å². The molecular formula is C12H12ClFN4O2S. The van der Waals surface area contributed by atoms with Crippen LogP contribution in [0.15, 0.2) is 35.5 Å². The molecule has 0 radical (unpaired) electrons. The molecule has 1 aromatic carbocycles. The minimum absolute atomic E-state index is 0.0944. The van der Waals surface area contributed by atoms with Crippen molar-refractivity contribution in [3.05, 3.63) is 47.0 Å². The smallest absolute Gasteiger partial charge is 0.264 e. The fourth-order valence-corrected chi connectivity index (χ4v) is 2.82. The highest BCUT2D eigenvalue weighted by molar-refractivity contribution is 7.92. The molecule has 0 aliphatic rings. The van der Waals surface area contributed by atoms with Gasteiger partial charge in [0, 0.05) is 18.9 Å². The molecule has 9 heteroatoms. The molecule has 0 amide bonds. The van der Waals surface area contributed by atoms with Gasteiger partial charge in [0.1, 0.15) is 5.82 Å². The molecule has 2 aromatic rings. The summed E-state index contributed by atoms with van der Waals surface area (Å²) in [5, 5.41) is 2.68. The Kier molecular flexibility index (Phi) is 4.71. The number of nitrogens with one attached hydrogen (secondary N) is 2. The lowest BCUT2D eigenvalue weighted by Gasteiger charge is -2.10. The summed E-state index contributed by atoms with van der Waals surface area (Å²) >= 11 is 5.80. The van der Waals surface area contributed by atoms with E-state index in [0.29, 0.717) is 5.56 Å². The zero-order chi connectivity index (χ0) is 15.5. The molecule has 0 aliphatic heterocycles. The summed E-state index contributed by atoms with van der Waals surface area (Å²) < 4.78 is 40.3.